The van der Waals surface area contributed by atoms with Gasteiger partial charge in [-0.3, -0.25) is 19.2 Å². The minimum absolute atomic E-state index is 0.0140. The largest absolute Gasteiger partial charge is 0.481 e. The maximum atomic E-state index is 12.8. The number of amides is 3. The lowest BCUT2D eigenvalue weighted by Crippen LogP contribution is -2.58. The van der Waals surface area contributed by atoms with Gasteiger partial charge in [-0.1, -0.05) is 13.8 Å². The van der Waals surface area contributed by atoms with E-state index in [4.69, 9.17) is 15.9 Å². The van der Waals surface area contributed by atoms with Gasteiger partial charge >= 0.3 is 11.9 Å². The number of aromatic nitrogens is 2. The van der Waals surface area contributed by atoms with Crippen LogP contribution in [0.2, 0.25) is 0 Å². The van der Waals surface area contributed by atoms with Gasteiger partial charge in [-0.15, -0.1) is 0 Å². The number of carboxylic acid groups (broad SMARTS) is 2. The first kappa shape index (κ1) is 26.9. The fourth-order valence-electron chi connectivity index (χ4n) is 2.51. The Balaban J connectivity index is 2.94. The highest BCUT2D eigenvalue weighted by Gasteiger charge is 2.31. The number of nitrogens with one attached hydrogen (secondary N) is 4. The van der Waals surface area contributed by atoms with Crippen LogP contribution < -0.4 is 21.7 Å². The number of carboxylic acids is 2. The smallest absolute Gasteiger partial charge is 0.326 e. The van der Waals surface area contributed by atoms with Crippen LogP contribution in [0.4, 0.5) is 0 Å². The van der Waals surface area contributed by atoms with Crippen molar-refractivity contribution in [1.29, 1.82) is 0 Å². The quantitative estimate of drug-likeness (QED) is 0.147. The Hall–Kier alpha value is -3.13. The third-order valence-electron chi connectivity index (χ3n) is 4.44. The third kappa shape index (κ3) is 8.55. The van der Waals surface area contributed by atoms with Crippen LogP contribution >= 0.6 is 12.6 Å². The second-order valence-corrected chi connectivity index (χ2v) is 7.72. The summed E-state index contributed by atoms with van der Waals surface area (Å²) in [7, 11) is 0. The van der Waals surface area contributed by atoms with Crippen molar-refractivity contribution in [2.45, 2.75) is 50.9 Å². The molecule has 0 saturated carbocycles. The van der Waals surface area contributed by atoms with Crippen molar-refractivity contribution in [2.75, 3.05) is 5.75 Å². The molecule has 8 N–H and O–H groups in total. The number of hydrogen-bond acceptors (Lipinski definition) is 8. The molecule has 0 aromatic carbocycles. The molecule has 178 valence electrons. The Labute approximate surface area is 189 Å². The second kappa shape index (κ2) is 12.7. The standard InChI is InChI=1S/C18H28N6O7S/c1-8(2)14(19)17(29)22-10(3-9-5-20-7-21-9)15(27)24-12(6-32)16(28)23-11(18(30)31)4-13(25)26/h5,7-8,10-12,14,32H,3-4,6,19H2,1-2H3,(H,20,21)(H,22,29)(H,23,28)(H,24,27)(H,25,26)(H,30,31). The Bertz CT molecular complexity index is 817. The molecule has 4 atom stereocenters. The predicted octanol–water partition coefficient (Wildman–Crippen LogP) is -2.12. The molecule has 0 radical (unpaired) electrons. The highest BCUT2D eigenvalue weighted by molar-refractivity contribution is 7.80. The molecular formula is C18H28N6O7S. The molecule has 0 aliphatic rings. The maximum absolute atomic E-state index is 12.8. The Morgan fingerprint density at radius 1 is 1.03 bits per heavy atom. The molecule has 0 spiro atoms. The highest BCUT2D eigenvalue weighted by Crippen LogP contribution is 2.04. The van der Waals surface area contributed by atoms with Crippen molar-refractivity contribution in [3.05, 3.63) is 18.2 Å². The van der Waals surface area contributed by atoms with Crippen molar-refractivity contribution < 1.29 is 34.2 Å². The molecule has 1 rings (SSSR count). The van der Waals surface area contributed by atoms with Gasteiger partial charge in [0.2, 0.25) is 17.7 Å². The van der Waals surface area contributed by atoms with Crippen molar-refractivity contribution in [2.24, 2.45) is 11.7 Å². The summed E-state index contributed by atoms with van der Waals surface area (Å²) in [5, 5.41) is 24.9. The average Bonchev–Trinajstić information content (AvgIpc) is 3.22. The van der Waals surface area contributed by atoms with Crippen LogP contribution in [-0.4, -0.2) is 79.8 Å². The van der Waals surface area contributed by atoms with E-state index in [0.29, 0.717) is 5.69 Å². The normalized spacial score (nSPS) is 14.7. The van der Waals surface area contributed by atoms with E-state index in [0.717, 1.165) is 0 Å². The summed E-state index contributed by atoms with van der Waals surface area (Å²) in [5.41, 5.74) is 6.37. The molecular weight excluding hydrogens is 444 g/mol. The summed E-state index contributed by atoms with van der Waals surface area (Å²) >= 11 is 4.00. The number of thiol groups is 1. The summed E-state index contributed by atoms with van der Waals surface area (Å²) in [4.78, 5) is 66.3. The number of nitrogens with two attached hydrogens (primary N) is 1. The molecule has 1 aromatic rings. The van der Waals surface area contributed by atoms with E-state index in [1.54, 1.807) is 13.8 Å². The van der Waals surface area contributed by atoms with E-state index in [9.17, 15) is 24.0 Å². The summed E-state index contributed by atoms with van der Waals surface area (Å²) < 4.78 is 0. The summed E-state index contributed by atoms with van der Waals surface area (Å²) in [6.07, 6.45) is 2.02. The lowest BCUT2D eigenvalue weighted by Gasteiger charge is -2.24. The number of aromatic amines is 1. The topological polar surface area (TPSA) is 217 Å². The van der Waals surface area contributed by atoms with Gasteiger partial charge in [-0.2, -0.15) is 12.6 Å². The Morgan fingerprint density at radius 2 is 1.59 bits per heavy atom. The first-order valence-electron chi connectivity index (χ1n) is 9.65. The minimum atomic E-state index is -1.69. The van der Waals surface area contributed by atoms with Gasteiger partial charge in [-0.05, 0) is 5.92 Å². The number of rotatable bonds is 13. The van der Waals surface area contributed by atoms with Crippen LogP contribution in [0.3, 0.4) is 0 Å². The average molecular weight is 473 g/mol. The molecule has 3 amide bonds. The molecule has 32 heavy (non-hydrogen) atoms. The molecule has 13 nitrogen and oxygen atoms in total. The Morgan fingerprint density at radius 3 is 2.06 bits per heavy atom. The molecule has 0 aliphatic carbocycles. The number of H-pyrrole nitrogens is 1. The van der Waals surface area contributed by atoms with Gasteiger partial charge in [0.05, 0.1) is 18.8 Å². The summed E-state index contributed by atoms with van der Waals surface area (Å²) in [6, 6.07) is -4.98. The van der Waals surface area contributed by atoms with Crippen LogP contribution in [0, 0.1) is 5.92 Å². The molecule has 1 aromatic heterocycles. The van der Waals surface area contributed by atoms with E-state index < -0.39 is 60.2 Å². The van der Waals surface area contributed by atoms with Crippen molar-refractivity contribution in [1.82, 2.24) is 25.9 Å². The molecule has 0 aliphatic heterocycles. The number of aliphatic carboxylic acids is 2. The fourth-order valence-corrected chi connectivity index (χ4v) is 2.77. The maximum Gasteiger partial charge on any atom is 0.326 e. The van der Waals surface area contributed by atoms with Crippen LogP contribution in [0.1, 0.15) is 26.0 Å². The molecule has 14 heteroatoms. The van der Waals surface area contributed by atoms with Gasteiger partial charge < -0.3 is 36.9 Å². The summed E-state index contributed by atoms with van der Waals surface area (Å²) in [5.74, 6) is -5.63. The number of carbonyl (C=O) groups excluding carboxylic acids is 3. The van der Waals surface area contributed by atoms with Gasteiger partial charge in [0.1, 0.15) is 18.1 Å². The van der Waals surface area contributed by atoms with Crippen LogP contribution in [-0.2, 0) is 30.4 Å². The first-order chi connectivity index (χ1) is 15.0. The van der Waals surface area contributed by atoms with Crippen LogP contribution in [0.25, 0.3) is 0 Å². The highest BCUT2D eigenvalue weighted by atomic mass is 32.1. The van der Waals surface area contributed by atoms with E-state index in [-0.39, 0.29) is 18.1 Å². The molecule has 0 saturated heterocycles. The van der Waals surface area contributed by atoms with E-state index >= 15 is 0 Å². The van der Waals surface area contributed by atoms with Gasteiger partial charge in [0.25, 0.3) is 0 Å². The van der Waals surface area contributed by atoms with E-state index in [2.05, 4.69) is 38.5 Å². The molecule has 0 bridgehead atoms. The zero-order valence-corrected chi connectivity index (χ0v) is 18.5. The summed E-state index contributed by atoms with van der Waals surface area (Å²) in [6.45, 7) is 3.48. The fraction of sp³-hybridized carbons (Fsp3) is 0.556. The number of carbonyl (C=O) groups is 5. The SMILES string of the molecule is CC(C)C(N)C(=O)NC(Cc1cnc[nH]1)C(=O)NC(CS)C(=O)NC(CC(=O)O)C(=O)O. The van der Waals surface area contributed by atoms with Crippen LogP contribution in [0.15, 0.2) is 12.5 Å². The number of imidazole rings is 1. The second-order valence-electron chi connectivity index (χ2n) is 7.35. The Kier molecular flexibility index (Phi) is 10.6. The number of nitrogens with zero attached hydrogens (tertiary/aromatic N) is 1. The van der Waals surface area contributed by atoms with Gasteiger partial charge in [0.15, 0.2) is 0 Å². The molecule has 4 unspecified atom stereocenters. The van der Waals surface area contributed by atoms with Crippen molar-refractivity contribution in [3.8, 4) is 0 Å². The van der Waals surface area contributed by atoms with Crippen molar-refractivity contribution in [3.63, 3.8) is 0 Å². The van der Waals surface area contributed by atoms with Crippen LogP contribution in [0.5, 0.6) is 0 Å². The van der Waals surface area contributed by atoms with E-state index in [1.165, 1.54) is 12.5 Å². The lowest BCUT2D eigenvalue weighted by molar-refractivity contribution is -0.147. The van der Waals surface area contributed by atoms with E-state index in [1.807, 2.05) is 0 Å². The minimum Gasteiger partial charge on any atom is -0.481 e. The third-order valence-corrected chi connectivity index (χ3v) is 4.81. The van der Waals surface area contributed by atoms with Gasteiger partial charge in [0, 0.05) is 24.1 Å². The zero-order chi connectivity index (χ0) is 24.4. The molecule has 1 heterocycles. The van der Waals surface area contributed by atoms with Gasteiger partial charge in [-0.25, -0.2) is 9.78 Å². The van der Waals surface area contributed by atoms with Crippen molar-refractivity contribution >= 4 is 42.3 Å². The number of hydrogen-bond donors (Lipinski definition) is 8. The first-order valence-corrected chi connectivity index (χ1v) is 10.3. The monoisotopic (exact) mass is 472 g/mol. The zero-order valence-electron chi connectivity index (χ0n) is 17.6. The lowest BCUT2D eigenvalue weighted by atomic mass is 10.0. The predicted molar refractivity (Wildman–Crippen MR) is 115 cm³/mol. The molecule has 0 fully saturated rings.